The van der Waals surface area contributed by atoms with Gasteiger partial charge in [-0.05, 0) is 12.0 Å². The summed E-state index contributed by atoms with van der Waals surface area (Å²) < 4.78 is 1.64. The van der Waals surface area contributed by atoms with E-state index in [-0.39, 0.29) is 6.54 Å². The van der Waals surface area contributed by atoms with Crippen molar-refractivity contribution in [1.29, 1.82) is 0 Å². The molecule has 1 atom stereocenters. The molecule has 0 spiro atoms. The van der Waals surface area contributed by atoms with Crippen molar-refractivity contribution in [3.05, 3.63) is 18.0 Å². The standard InChI is InChI=1S/C8H13N3O2/c1-11-5-6(4-10-11)2-7(3-9)8(12)13/h4-5,7H,2-3,9H2,1H3,(H,12,13)/t7-/m1/s1. The Bertz CT molecular complexity index is 295. The van der Waals surface area contributed by atoms with E-state index >= 15 is 0 Å². The van der Waals surface area contributed by atoms with Gasteiger partial charge in [-0.2, -0.15) is 5.10 Å². The third-order valence-electron chi connectivity index (χ3n) is 1.87. The normalized spacial score (nSPS) is 12.8. The van der Waals surface area contributed by atoms with Gasteiger partial charge in [0, 0.05) is 19.8 Å². The first-order valence-electron chi connectivity index (χ1n) is 4.04. The zero-order valence-electron chi connectivity index (χ0n) is 7.47. The second-order valence-corrected chi connectivity index (χ2v) is 3.00. The van der Waals surface area contributed by atoms with Crippen LogP contribution in [-0.4, -0.2) is 27.4 Å². The molecular formula is C8H13N3O2. The lowest BCUT2D eigenvalue weighted by Crippen LogP contribution is -2.25. The number of carboxylic acid groups (broad SMARTS) is 1. The Morgan fingerprint density at radius 1 is 1.85 bits per heavy atom. The summed E-state index contributed by atoms with van der Waals surface area (Å²) in [5, 5.41) is 12.7. The second kappa shape index (κ2) is 4.04. The van der Waals surface area contributed by atoms with E-state index in [1.54, 1.807) is 24.1 Å². The fourth-order valence-corrected chi connectivity index (χ4v) is 1.13. The molecule has 1 aromatic rings. The zero-order valence-corrected chi connectivity index (χ0v) is 7.47. The van der Waals surface area contributed by atoms with Crippen LogP contribution in [0.25, 0.3) is 0 Å². The van der Waals surface area contributed by atoms with Crippen LogP contribution in [0.3, 0.4) is 0 Å². The molecular weight excluding hydrogens is 170 g/mol. The van der Waals surface area contributed by atoms with Gasteiger partial charge in [-0.3, -0.25) is 9.48 Å². The van der Waals surface area contributed by atoms with E-state index in [1.807, 2.05) is 0 Å². The summed E-state index contributed by atoms with van der Waals surface area (Å²) in [6.45, 7) is 0.157. The monoisotopic (exact) mass is 183 g/mol. The number of carbonyl (C=O) groups is 1. The highest BCUT2D eigenvalue weighted by Gasteiger charge is 2.16. The number of aromatic nitrogens is 2. The first-order chi connectivity index (χ1) is 6.13. The Balaban J connectivity index is 2.61. The molecule has 1 rings (SSSR count). The second-order valence-electron chi connectivity index (χ2n) is 3.00. The van der Waals surface area contributed by atoms with Crippen molar-refractivity contribution in [2.45, 2.75) is 6.42 Å². The smallest absolute Gasteiger partial charge is 0.308 e. The van der Waals surface area contributed by atoms with Gasteiger partial charge in [0.2, 0.25) is 0 Å². The molecule has 0 saturated carbocycles. The molecule has 3 N–H and O–H groups in total. The molecule has 72 valence electrons. The molecule has 0 aliphatic carbocycles. The van der Waals surface area contributed by atoms with E-state index in [0.717, 1.165) is 5.56 Å². The van der Waals surface area contributed by atoms with E-state index in [1.165, 1.54) is 0 Å². The third-order valence-corrected chi connectivity index (χ3v) is 1.87. The molecule has 5 nitrogen and oxygen atoms in total. The minimum Gasteiger partial charge on any atom is -0.481 e. The predicted molar refractivity (Wildman–Crippen MR) is 47.1 cm³/mol. The molecule has 0 amide bonds. The molecule has 0 aromatic carbocycles. The van der Waals surface area contributed by atoms with Gasteiger partial charge in [0.25, 0.3) is 0 Å². The Labute approximate surface area is 76.2 Å². The number of aryl methyl sites for hydroxylation is 1. The average Bonchev–Trinajstić information content (AvgIpc) is 2.46. The van der Waals surface area contributed by atoms with Crippen molar-refractivity contribution in [2.75, 3.05) is 6.54 Å². The van der Waals surface area contributed by atoms with Gasteiger partial charge in [-0.15, -0.1) is 0 Å². The number of hydrogen-bond donors (Lipinski definition) is 2. The van der Waals surface area contributed by atoms with E-state index < -0.39 is 11.9 Å². The summed E-state index contributed by atoms with van der Waals surface area (Å²) in [7, 11) is 1.79. The molecule has 5 heteroatoms. The van der Waals surface area contributed by atoms with Crippen molar-refractivity contribution in [1.82, 2.24) is 9.78 Å². The van der Waals surface area contributed by atoms with Gasteiger partial charge in [0.15, 0.2) is 0 Å². The fourth-order valence-electron chi connectivity index (χ4n) is 1.13. The van der Waals surface area contributed by atoms with Crippen molar-refractivity contribution < 1.29 is 9.90 Å². The Kier molecular flexibility index (Phi) is 3.02. The molecule has 0 unspecified atom stereocenters. The summed E-state index contributed by atoms with van der Waals surface area (Å²) in [6, 6.07) is 0. The number of nitrogens with zero attached hydrogens (tertiary/aromatic N) is 2. The maximum atomic E-state index is 10.6. The Morgan fingerprint density at radius 3 is 2.92 bits per heavy atom. The van der Waals surface area contributed by atoms with Gasteiger partial charge in [-0.1, -0.05) is 0 Å². The van der Waals surface area contributed by atoms with Crippen molar-refractivity contribution in [3.63, 3.8) is 0 Å². The van der Waals surface area contributed by atoms with Crippen molar-refractivity contribution in [2.24, 2.45) is 18.7 Å². The average molecular weight is 183 g/mol. The van der Waals surface area contributed by atoms with Crippen LogP contribution >= 0.6 is 0 Å². The number of aliphatic carboxylic acids is 1. The molecule has 0 saturated heterocycles. The lowest BCUT2D eigenvalue weighted by molar-refractivity contribution is -0.141. The van der Waals surface area contributed by atoms with Gasteiger partial charge in [0.05, 0.1) is 12.1 Å². The van der Waals surface area contributed by atoms with Crippen LogP contribution in [0.5, 0.6) is 0 Å². The van der Waals surface area contributed by atoms with Gasteiger partial charge in [-0.25, -0.2) is 0 Å². The quantitative estimate of drug-likeness (QED) is 0.666. The molecule has 0 radical (unpaired) electrons. The van der Waals surface area contributed by atoms with Gasteiger partial charge >= 0.3 is 5.97 Å². The molecule has 0 aliphatic rings. The highest BCUT2D eigenvalue weighted by atomic mass is 16.4. The van der Waals surface area contributed by atoms with E-state index in [0.29, 0.717) is 6.42 Å². The predicted octanol–water partition coefficient (Wildman–Crippen LogP) is -0.378. The number of carboxylic acids is 1. The molecule has 0 aliphatic heterocycles. The largest absolute Gasteiger partial charge is 0.481 e. The van der Waals surface area contributed by atoms with Crippen LogP contribution in [-0.2, 0) is 18.3 Å². The fraction of sp³-hybridized carbons (Fsp3) is 0.500. The summed E-state index contributed by atoms with van der Waals surface area (Å²) >= 11 is 0. The lowest BCUT2D eigenvalue weighted by Gasteiger charge is -2.06. The molecule has 0 fully saturated rings. The van der Waals surface area contributed by atoms with Crippen LogP contribution in [0.1, 0.15) is 5.56 Å². The highest BCUT2D eigenvalue weighted by Crippen LogP contribution is 2.06. The van der Waals surface area contributed by atoms with E-state index in [4.69, 9.17) is 10.8 Å². The van der Waals surface area contributed by atoms with Crippen LogP contribution in [0.4, 0.5) is 0 Å². The summed E-state index contributed by atoms with van der Waals surface area (Å²) in [4.78, 5) is 10.6. The van der Waals surface area contributed by atoms with Crippen molar-refractivity contribution in [3.8, 4) is 0 Å². The third kappa shape index (κ3) is 2.55. The Morgan fingerprint density at radius 2 is 2.54 bits per heavy atom. The molecule has 13 heavy (non-hydrogen) atoms. The molecule has 1 heterocycles. The minimum absolute atomic E-state index is 0.157. The summed E-state index contributed by atoms with van der Waals surface area (Å²) in [6.07, 6.45) is 3.90. The van der Waals surface area contributed by atoms with Crippen molar-refractivity contribution >= 4 is 5.97 Å². The number of rotatable bonds is 4. The number of nitrogens with two attached hydrogens (primary N) is 1. The Hall–Kier alpha value is -1.36. The van der Waals surface area contributed by atoms with Gasteiger partial charge < -0.3 is 10.8 Å². The summed E-state index contributed by atoms with van der Waals surface area (Å²) in [5.41, 5.74) is 6.22. The lowest BCUT2D eigenvalue weighted by atomic mass is 10.0. The number of hydrogen-bond acceptors (Lipinski definition) is 3. The maximum absolute atomic E-state index is 10.6. The van der Waals surface area contributed by atoms with Crippen LogP contribution < -0.4 is 5.73 Å². The maximum Gasteiger partial charge on any atom is 0.308 e. The highest BCUT2D eigenvalue weighted by molar-refractivity contribution is 5.70. The summed E-state index contributed by atoms with van der Waals surface area (Å²) in [5.74, 6) is -1.37. The van der Waals surface area contributed by atoms with E-state index in [2.05, 4.69) is 5.10 Å². The van der Waals surface area contributed by atoms with Crippen LogP contribution in [0.15, 0.2) is 12.4 Å². The zero-order chi connectivity index (χ0) is 9.84. The van der Waals surface area contributed by atoms with Crippen LogP contribution in [0, 0.1) is 5.92 Å². The SMILES string of the molecule is Cn1cc(C[C@H](CN)C(=O)O)cn1. The first kappa shape index (κ1) is 9.73. The first-order valence-corrected chi connectivity index (χ1v) is 4.04. The topological polar surface area (TPSA) is 81.1 Å². The minimum atomic E-state index is -0.855. The van der Waals surface area contributed by atoms with Crippen LogP contribution in [0.2, 0.25) is 0 Å². The molecule has 1 aromatic heterocycles. The van der Waals surface area contributed by atoms with Gasteiger partial charge in [0.1, 0.15) is 0 Å². The van der Waals surface area contributed by atoms with E-state index in [9.17, 15) is 4.79 Å². The molecule has 0 bridgehead atoms.